The Morgan fingerprint density at radius 2 is 2.00 bits per heavy atom. The number of carbonyl (C=O) groups excluding carboxylic acids is 1. The van der Waals surface area contributed by atoms with Crippen LogP contribution in [0.4, 0.5) is 0 Å². The zero-order valence-corrected chi connectivity index (χ0v) is 8.58. The van der Waals surface area contributed by atoms with Crippen LogP contribution in [0.2, 0.25) is 0 Å². The molecule has 0 fully saturated rings. The average Bonchev–Trinajstić information content (AvgIpc) is 2.11. The van der Waals surface area contributed by atoms with E-state index in [0.717, 1.165) is 17.6 Å². The molecule has 14 heavy (non-hydrogen) atoms. The van der Waals surface area contributed by atoms with Gasteiger partial charge in [0, 0.05) is 5.57 Å². The van der Waals surface area contributed by atoms with Crippen molar-refractivity contribution >= 4 is 5.91 Å². The monoisotopic (exact) mass is 189 g/mol. The van der Waals surface area contributed by atoms with Crippen molar-refractivity contribution in [2.45, 2.75) is 20.3 Å². The van der Waals surface area contributed by atoms with Crippen molar-refractivity contribution in [3.8, 4) is 0 Å². The third-order valence-corrected chi connectivity index (χ3v) is 2.13. The summed E-state index contributed by atoms with van der Waals surface area (Å²) in [5.41, 5.74) is 7.96. The molecule has 2 heteroatoms. The fourth-order valence-electron chi connectivity index (χ4n) is 1.37. The first-order valence-corrected chi connectivity index (χ1v) is 4.71. The number of rotatable bonds is 2. The minimum absolute atomic E-state index is 0.360. The molecule has 0 unspecified atom stereocenters. The van der Waals surface area contributed by atoms with Crippen molar-refractivity contribution in [2.24, 2.45) is 5.73 Å². The molecule has 74 valence electrons. The predicted molar refractivity (Wildman–Crippen MR) is 58.5 cm³/mol. The molecule has 0 saturated heterocycles. The number of amides is 1. The number of allylic oxidation sites excluding steroid dienone is 6. The highest BCUT2D eigenvalue weighted by atomic mass is 16.1. The van der Waals surface area contributed by atoms with Gasteiger partial charge < -0.3 is 5.73 Å². The Kier molecular flexibility index (Phi) is 3.46. The van der Waals surface area contributed by atoms with Gasteiger partial charge in [-0.3, -0.25) is 4.79 Å². The SMILES string of the molecule is CCC1=C(C(N)=O)/C=C(C)\C=C\C=C\1. The van der Waals surface area contributed by atoms with Gasteiger partial charge >= 0.3 is 0 Å². The van der Waals surface area contributed by atoms with Gasteiger partial charge in [-0.25, -0.2) is 0 Å². The molecule has 0 saturated carbocycles. The van der Waals surface area contributed by atoms with Crippen LogP contribution in [0.3, 0.4) is 0 Å². The quantitative estimate of drug-likeness (QED) is 0.711. The first-order chi connectivity index (χ1) is 6.65. The summed E-state index contributed by atoms with van der Waals surface area (Å²) in [6.07, 6.45) is 10.4. The fourth-order valence-corrected chi connectivity index (χ4v) is 1.37. The van der Waals surface area contributed by atoms with E-state index in [4.69, 9.17) is 5.73 Å². The summed E-state index contributed by atoms with van der Waals surface area (Å²) in [6, 6.07) is 0. The molecule has 0 radical (unpaired) electrons. The van der Waals surface area contributed by atoms with E-state index < -0.39 is 0 Å². The number of hydrogen-bond donors (Lipinski definition) is 1. The minimum atomic E-state index is -0.360. The summed E-state index contributed by atoms with van der Waals surface area (Å²) in [7, 11) is 0. The molecule has 1 aliphatic rings. The van der Waals surface area contributed by atoms with E-state index in [2.05, 4.69) is 0 Å². The Labute approximate surface area is 84.5 Å². The lowest BCUT2D eigenvalue weighted by atomic mass is 10.0. The number of carbonyl (C=O) groups is 1. The van der Waals surface area contributed by atoms with Gasteiger partial charge in [0.05, 0.1) is 0 Å². The van der Waals surface area contributed by atoms with E-state index in [1.54, 1.807) is 0 Å². The fraction of sp³-hybridized carbons (Fsp3) is 0.250. The lowest BCUT2D eigenvalue weighted by Gasteiger charge is -2.06. The van der Waals surface area contributed by atoms with Crippen LogP contribution in [0.5, 0.6) is 0 Å². The lowest BCUT2D eigenvalue weighted by molar-refractivity contribution is -0.114. The first-order valence-electron chi connectivity index (χ1n) is 4.71. The van der Waals surface area contributed by atoms with Gasteiger partial charge in [-0.1, -0.05) is 36.8 Å². The second-order valence-electron chi connectivity index (χ2n) is 3.26. The Bertz CT molecular complexity index is 357. The van der Waals surface area contributed by atoms with Crippen LogP contribution < -0.4 is 5.73 Å². The Morgan fingerprint density at radius 1 is 1.36 bits per heavy atom. The van der Waals surface area contributed by atoms with Crippen LogP contribution in [0.1, 0.15) is 20.3 Å². The van der Waals surface area contributed by atoms with Gasteiger partial charge in [0.2, 0.25) is 5.91 Å². The standard InChI is InChI=1S/C12H15NO/c1-3-10-7-5-4-6-9(2)8-11(10)12(13)14/h4-8H,3H2,1-2H3,(H2,13,14)/b5-4?,6-4+,7-5+,9-6?,9-8-,10-7?,11-8?,11-10+. The molecule has 2 N–H and O–H groups in total. The Hall–Kier alpha value is -1.57. The second-order valence-corrected chi connectivity index (χ2v) is 3.26. The summed E-state index contributed by atoms with van der Waals surface area (Å²) in [5, 5.41) is 0. The van der Waals surface area contributed by atoms with Gasteiger partial charge in [0.1, 0.15) is 0 Å². The van der Waals surface area contributed by atoms with E-state index in [-0.39, 0.29) is 5.91 Å². The maximum atomic E-state index is 11.2. The molecule has 0 heterocycles. The summed E-state index contributed by atoms with van der Waals surface area (Å²) >= 11 is 0. The molecule has 0 aromatic heterocycles. The van der Waals surface area contributed by atoms with Gasteiger partial charge in [0.25, 0.3) is 0 Å². The van der Waals surface area contributed by atoms with E-state index in [1.807, 2.05) is 44.2 Å². The van der Waals surface area contributed by atoms with Crippen LogP contribution in [0, 0.1) is 0 Å². The molecule has 2 nitrogen and oxygen atoms in total. The second kappa shape index (κ2) is 4.61. The van der Waals surface area contributed by atoms with Crippen LogP contribution >= 0.6 is 0 Å². The summed E-state index contributed by atoms with van der Waals surface area (Å²) in [6.45, 7) is 3.96. The number of primary amides is 1. The van der Waals surface area contributed by atoms with Crippen LogP contribution in [-0.2, 0) is 4.79 Å². The van der Waals surface area contributed by atoms with Gasteiger partial charge in [-0.2, -0.15) is 0 Å². The highest BCUT2D eigenvalue weighted by molar-refractivity contribution is 5.96. The van der Waals surface area contributed by atoms with Crippen LogP contribution in [-0.4, -0.2) is 5.91 Å². The summed E-state index contributed by atoms with van der Waals surface area (Å²) in [4.78, 5) is 11.2. The highest BCUT2D eigenvalue weighted by Gasteiger charge is 2.07. The third kappa shape index (κ3) is 2.46. The molecule has 0 aromatic carbocycles. The van der Waals surface area contributed by atoms with Crippen molar-refractivity contribution in [1.82, 2.24) is 0 Å². The molecule has 0 spiro atoms. The normalized spacial score (nSPS) is 29.7. The van der Waals surface area contributed by atoms with Gasteiger partial charge in [0.15, 0.2) is 0 Å². The Morgan fingerprint density at radius 3 is 2.57 bits per heavy atom. The molecule has 1 rings (SSSR count). The third-order valence-electron chi connectivity index (χ3n) is 2.13. The predicted octanol–water partition coefficient (Wildman–Crippen LogP) is 2.25. The summed E-state index contributed by atoms with van der Waals surface area (Å²) in [5.74, 6) is -0.360. The molecule has 0 bridgehead atoms. The van der Waals surface area contributed by atoms with Crippen LogP contribution in [0.25, 0.3) is 0 Å². The average molecular weight is 189 g/mol. The van der Waals surface area contributed by atoms with E-state index in [9.17, 15) is 4.79 Å². The topological polar surface area (TPSA) is 43.1 Å². The molecule has 1 amide bonds. The smallest absolute Gasteiger partial charge is 0.248 e. The van der Waals surface area contributed by atoms with E-state index in [1.165, 1.54) is 0 Å². The van der Waals surface area contributed by atoms with Gasteiger partial charge in [-0.15, -0.1) is 0 Å². The van der Waals surface area contributed by atoms with Crippen LogP contribution in [0.15, 0.2) is 47.1 Å². The lowest BCUT2D eigenvalue weighted by Crippen LogP contribution is -2.14. The number of hydrogen-bond acceptors (Lipinski definition) is 1. The van der Waals surface area contributed by atoms with E-state index >= 15 is 0 Å². The Balaban J connectivity index is 3.22. The zero-order valence-electron chi connectivity index (χ0n) is 8.58. The molecule has 0 atom stereocenters. The summed E-state index contributed by atoms with van der Waals surface area (Å²) < 4.78 is 0. The van der Waals surface area contributed by atoms with Crippen molar-refractivity contribution in [2.75, 3.05) is 0 Å². The minimum Gasteiger partial charge on any atom is -0.366 e. The molecular formula is C12H15NO. The largest absolute Gasteiger partial charge is 0.366 e. The van der Waals surface area contributed by atoms with Gasteiger partial charge in [-0.05, 0) is 25.0 Å². The zero-order chi connectivity index (χ0) is 10.6. The van der Waals surface area contributed by atoms with E-state index in [0.29, 0.717) is 5.57 Å². The maximum absolute atomic E-state index is 11.2. The van der Waals surface area contributed by atoms with Crippen molar-refractivity contribution in [3.63, 3.8) is 0 Å². The molecule has 0 aliphatic heterocycles. The van der Waals surface area contributed by atoms with Crippen molar-refractivity contribution in [1.29, 1.82) is 0 Å². The maximum Gasteiger partial charge on any atom is 0.248 e. The van der Waals surface area contributed by atoms with Crippen molar-refractivity contribution < 1.29 is 4.79 Å². The molecular weight excluding hydrogens is 174 g/mol. The van der Waals surface area contributed by atoms with Crippen molar-refractivity contribution in [3.05, 3.63) is 47.1 Å². The molecule has 1 aliphatic carbocycles. The molecule has 0 aromatic rings. The number of nitrogens with two attached hydrogens (primary N) is 1. The highest BCUT2D eigenvalue weighted by Crippen LogP contribution is 2.16. The first kappa shape index (κ1) is 10.5.